The van der Waals surface area contributed by atoms with Gasteiger partial charge in [0.15, 0.2) is 0 Å². The fraction of sp³-hybridized carbons (Fsp3) is 0.917. The predicted molar refractivity (Wildman–Crippen MR) is 60.4 cm³/mol. The molecule has 0 radical (unpaired) electrons. The minimum atomic E-state index is -1.35. The number of aliphatic hydroxyl groups is 1. The molecule has 0 unspecified atom stereocenters. The highest BCUT2D eigenvalue weighted by Crippen LogP contribution is 2.38. The second-order valence-electron chi connectivity index (χ2n) is 5.93. The van der Waals surface area contributed by atoms with Crippen molar-refractivity contribution < 1.29 is 19.0 Å². The Kier molecular flexibility index (Phi) is 3.06. The van der Waals surface area contributed by atoms with Gasteiger partial charge < -0.3 is 9.84 Å². The van der Waals surface area contributed by atoms with Crippen LogP contribution in [0.2, 0.25) is 0 Å². The van der Waals surface area contributed by atoms with E-state index in [9.17, 15) is 14.3 Å². The van der Waals surface area contributed by atoms with Gasteiger partial charge in [0, 0.05) is 6.04 Å². The quantitative estimate of drug-likeness (QED) is 0.708. The van der Waals surface area contributed by atoms with Crippen molar-refractivity contribution in [1.29, 1.82) is 0 Å². The molecule has 0 aromatic heterocycles. The summed E-state index contributed by atoms with van der Waals surface area (Å²) in [6.45, 7) is 5.37. The van der Waals surface area contributed by atoms with Crippen LogP contribution in [0.3, 0.4) is 0 Å². The summed E-state index contributed by atoms with van der Waals surface area (Å²) in [6, 6.07) is -0.588. The van der Waals surface area contributed by atoms with Crippen LogP contribution >= 0.6 is 0 Å². The zero-order chi connectivity index (χ0) is 12.8. The number of halogens is 1. The fourth-order valence-corrected chi connectivity index (χ4v) is 2.72. The van der Waals surface area contributed by atoms with Gasteiger partial charge in [0.1, 0.15) is 11.8 Å². The summed E-state index contributed by atoms with van der Waals surface area (Å²) < 4.78 is 19.1. The van der Waals surface area contributed by atoms with Crippen molar-refractivity contribution >= 4 is 6.09 Å². The molecule has 4 atom stereocenters. The van der Waals surface area contributed by atoms with Crippen molar-refractivity contribution in [2.45, 2.75) is 70.0 Å². The van der Waals surface area contributed by atoms with E-state index >= 15 is 0 Å². The number of fused-ring (bicyclic) bond motifs is 2. The van der Waals surface area contributed by atoms with Crippen molar-refractivity contribution in [2.24, 2.45) is 0 Å². The van der Waals surface area contributed by atoms with Gasteiger partial charge in [-0.2, -0.15) is 0 Å². The van der Waals surface area contributed by atoms with Crippen LogP contribution in [0.5, 0.6) is 0 Å². The lowest BCUT2D eigenvalue weighted by atomic mass is 9.98. The Hall–Kier alpha value is -0.840. The highest BCUT2D eigenvalue weighted by Gasteiger charge is 2.50. The van der Waals surface area contributed by atoms with Crippen LogP contribution in [0.15, 0.2) is 0 Å². The van der Waals surface area contributed by atoms with Gasteiger partial charge in [0.25, 0.3) is 0 Å². The van der Waals surface area contributed by atoms with E-state index < -0.39 is 30.0 Å². The van der Waals surface area contributed by atoms with Crippen LogP contribution in [0.25, 0.3) is 0 Å². The first-order chi connectivity index (χ1) is 7.79. The van der Waals surface area contributed by atoms with E-state index in [2.05, 4.69) is 0 Å². The van der Waals surface area contributed by atoms with Gasteiger partial charge in [-0.1, -0.05) is 0 Å². The van der Waals surface area contributed by atoms with Crippen molar-refractivity contribution in [3.63, 3.8) is 0 Å². The number of amides is 1. The van der Waals surface area contributed by atoms with Crippen molar-refractivity contribution in [3.05, 3.63) is 0 Å². The maximum atomic E-state index is 13.8. The number of hydrogen-bond donors (Lipinski definition) is 1. The lowest BCUT2D eigenvalue weighted by Gasteiger charge is -2.39. The van der Waals surface area contributed by atoms with Gasteiger partial charge in [0.05, 0.1) is 12.1 Å². The van der Waals surface area contributed by atoms with E-state index in [1.54, 1.807) is 20.8 Å². The van der Waals surface area contributed by atoms with Crippen molar-refractivity contribution in [1.82, 2.24) is 4.90 Å². The molecule has 98 valence electrons. The van der Waals surface area contributed by atoms with Crippen LogP contribution in [-0.2, 0) is 4.74 Å². The summed E-state index contributed by atoms with van der Waals surface area (Å²) in [5.41, 5.74) is -0.571. The predicted octanol–water partition coefficient (Wildman–Crippen LogP) is 1.86. The number of rotatable bonds is 0. The van der Waals surface area contributed by atoms with Crippen molar-refractivity contribution in [3.8, 4) is 0 Å². The Morgan fingerprint density at radius 1 is 1.41 bits per heavy atom. The summed E-state index contributed by atoms with van der Waals surface area (Å²) in [5, 5.41) is 9.54. The van der Waals surface area contributed by atoms with Gasteiger partial charge in [-0.3, -0.25) is 4.90 Å². The zero-order valence-electron chi connectivity index (χ0n) is 10.5. The Labute approximate surface area is 101 Å². The first kappa shape index (κ1) is 12.6. The monoisotopic (exact) mass is 245 g/mol. The number of aliphatic hydroxyl groups excluding tert-OH is 1. The first-order valence-corrected chi connectivity index (χ1v) is 6.13. The van der Waals surface area contributed by atoms with E-state index in [0.29, 0.717) is 12.8 Å². The van der Waals surface area contributed by atoms with Gasteiger partial charge in [-0.05, 0) is 40.0 Å². The average molecular weight is 245 g/mol. The molecule has 1 N–H and O–H groups in total. The lowest BCUT2D eigenvalue weighted by molar-refractivity contribution is -0.0478. The third kappa shape index (κ3) is 2.39. The standard InChI is InChI=1S/C12H20FNO3/c1-12(2,3)17-11(16)14-7-4-5-8(14)10(13)9(15)6-7/h7-10,15H,4-6H2,1-3H3/t7-,8+,9-,10+/m0/s1. The number of nitrogens with zero attached hydrogens (tertiary/aromatic N) is 1. The van der Waals surface area contributed by atoms with E-state index in [4.69, 9.17) is 4.74 Å². The molecule has 2 aliphatic rings. The maximum Gasteiger partial charge on any atom is 0.410 e. The van der Waals surface area contributed by atoms with E-state index in [1.807, 2.05) is 0 Å². The number of carbonyl (C=O) groups excluding carboxylic acids is 1. The molecule has 5 heteroatoms. The Balaban J connectivity index is 2.10. The molecule has 0 spiro atoms. The first-order valence-electron chi connectivity index (χ1n) is 6.13. The van der Waals surface area contributed by atoms with E-state index in [1.165, 1.54) is 4.90 Å². The molecular weight excluding hydrogens is 225 g/mol. The number of hydrogen-bond acceptors (Lipinski definition) is 3. The highest BCUT2D eigenvalue weighted by atomic mass is 19.1. The Bertz CT molecular complexity index is 315. The average Bonchev–Trinajstić information content (AvgIpc) is 2.51. The molecule has 0 aromatic rings. The van der Waals surface area contributed by atoms with Crippen LogP contribution in [-0.4, -0.2) is 46.1 Å². The van der Waals surface area contributed by atoms with Crippen LogP contribution < -0.4 is 0 Å². The number of ether oxygens (including phenoxy) is 1. The van der Waals surface area contributed by atoms with Gasteiger partial charge >= 0.3 is 6.09 Å². The minimum Gasteiger partial charge on any atom is -0.444 e. The SMILES string of the molecule is CC(C)(C)OC(=O)N1[C@H]2CC[C@@H]1[C@@H](F)[C@@H](O)C2. The largest absolute Gasteiger partial charge is 0.444 e. The summed E-state index contributed by atoms with van der Waals surface area (Å²) in [6.07, 6.45) is -1.06. The molecule has 2 bridgehead atoms. The van der Waals surface area contributed by atoms with Gasteiger partial charge in [-0.25, -0.2) is 9.18 Å². The molecule has 1 amide bonds. The maximum absolute atomic E-state index is 13.8. The lowest BCUT2D eigenvalue weighted by Crippen LogP contribution is -2.55. The Morgan fingerprint density at radius 2 is 2.06 bits per heavy atom. The second-order valence-corrected chi connectivity index (χ2v) is 5.93. The third-order valence-electron chi connectivity index (χ3n) is 3.40. The summed E-state index contributed by atoms with van der Waals surface area (Å²) >= 11 is 0. The van der Waals surface area contributed by atoms with Crippen LogP contribution in [0, 0.1) is 0 Å². The summed E-state index contributed by atoms with van der Waals surface area (Å²) in [7, 11) is 0. The van der Waals surface area contributed by atoms with Crippen molar-refractivity contribution in [2.75, 3.05) is 0 Å². The van der Waals surface area contributed by atoms with Gasteiger partial charge in [0.2, 0.25) is 0 Å². The van der Waals surface area contributed by atoms with E-state index in [0.717, 1.165) is 6.42 Å². The van der Waals surface area contributed by atoms with Gasteiger partial charge in [-0.15, -0.1) is 0 Å². The molecule has 2 fully saturated rings. The van der Waals surface area contributed by atoms with E-state index in [-0.39, 0.29) is 6.04 Å². The number of alkyl halides is 1. The smallest absolute Gasteiger partial charge is 0.410 e. The minimum absolute atomic E-state index is 0.0724. The second kappa shape index (κ2) is 4.12. The molecule has 2 heterocycles. The summed E-state index contributed by atoms with van der Waals surface area (Å²) in [5.74, 6) is 0. The molecule has 4 nitrogen and oxygen atoms in total. The molecule has 2 rings (SSSR count). The topological polar surface area (TPSA) is 49.8 Å². The van der Waals surface area contributed by atoms with Crippen LogP contribution in [0.4, 0.5) is 9.18 Å². The summed E-state index contributed by atoms with van der Waals surface area (Å²) in [4.78, 5) is 13.5. The molecule has 0 saturated carbocycles. The molecule has 0 aliphatic carbocycles. The molecule has 17 heavy (non-hydrogen) atoms. The highest BCUT2D eigenvalue weighted by molar-refractivity contribution is 5.69. The molecular formula is C12H20FNO3. The van der Waals surface area contributed by atoms with Crippen LogP contribution in [0.1, 0.15) is 40.0 Å². The molecule has 2 aliphatic heterocycles. The Morgan fingerprint density at radius 3 is 2.65 bits per heavy atom. The fourth-order valence-electron chi connectivity index (χ4n) is 2.72. The molecule has 2 saturated heterocycles. The third-order valence-corrected chi connectivity index (χ3v) is 3.40. The normalized spacial score (nSPS) is 37.1. The molecule has 0 aromatic carbocycles. The zero-order valence-corrected chi connectivity index (χ0v) is 10.5. The number of carbonyl (C=O) groups is 1. The number of piperidine rings is 1.